The maximum atomic E-state index is 12.2. The summed E-state index contributed by atoms with van der Waals surface area (Å²) in [6.45, 7) is 0.937. The molecule has 0 bridgehead atoms. The van der Waals surface area contributed by atoms with E-state index < -0.39 is 0 Å². The summed E-state index contributed by atoms with van der Waals surface area (Å²) in [5.74, 6) is 1.03. The largest absolute Gasteiger partial charge is 0.312 e. The molecule has 2 nitrogen and oxygen atoms in total. The van der Waals surface area contributed by atoms with E-state index in [0.717, 1.165) is 13.0 Å². The number of hydrogen-bond acceptors (Lipinski definition) is 1. The molecule has 1 saturated carbocycles. The van der Waals surface area contributed by atoms with Gasteiger partial charge in [-0.3, -0.25) is 4.79 Å². The van der Waals surface area contributed by atoms with E-state index in [9.17, 15) is 4.79 Å². The number of fused-ring (bicyclic) bond motifs is 1. The number of benzene rings is 1. The minimum Gasteiger partial charge on any atom is -0.312 e. The van der Waals surface area contributed by atoms with Crippen molar-refractivity contribution in [2.75, 3.05) is 11.4 Å². The van der Waals surface area contributed by atoms with Gasteiger partial charge in [0.2, 0.25) is 5.91 Å². The topological polar surface area (TPSA) is 20.3 Å². The number of anilines is 1. The summed E-state index contributed by atoms with van der Waals surface area (Å²) in [6, 6.07) is 6.49. The highest BCUT2D eigenvalue weighted by atomic mass is 127. The normalized spacial score (nSPS) is 20.5. The van der Waals surface area contributed by atoms with Gasteiger partial charge in [0.1, 0.15) is 0 Å². The third-order valence-electron chi connectivity index (χ3n) is 4.41. The van der Waals surface area contributed by atoms with Crippen LogP contribution < -0.4 is 4.90 Å². The van der Waals surface area contributed by atoms with E-state index >= 15 is 0 Å². The number of rotatable bonds is 2. The first-order chi connectivity index (χ1) is 9.24. The van der Waals surface area contributed by atoms with E-state index in [1.165, 1.54) is 46.9 Å². The van der Waals surface area contributed by atoms with Crippen LogP contribution in [0.3, 0.4) is 0 Å². The van der Waals surface area contributed by atoms with Crippen LogP contribution in [0.2, 0.25) is 0 Å². The Morgan fingerprint density at radius 3 is 2.74 bits per heavy atom. The molecule has 3 heteroatoms. The Morgan fingerprint density at radius 2 is 1.95 bits per heavy atom. The van der Waals surface area contributed by atoms with Crippen LogP contribution in [0.5, 0.6) is 0 Å². The predicted octanol–water partition coefficient (Wildman–Crippen LogP) is 4.15. The second-order valence-corrected chi connectivity index (χ2v) is 7.03. The second kappa shape index (κ2) is 5.81. The number of nitrogens with zero attached hydrogens (tertiary/aromatic N) is 1. The molecule has 1 aromatic carbocycles. The summed E-state index contributed by atoms with van der Waals surface area (Å²) in [5.41, 5.74) is 2.52. The standard InChI is InChI=1S/C16H20INO/c17-14-7-8-15-13(10-14)6-9-16(19)18(15)11-12-4-2-1-3-5-12/h7-8,10,12H,1-6,9,11H2. The Kier molecular flexibility index (Phi) is 4.10. The fraction of sp³-hybridized carbons (Fsp3) is 0.562. The van der Waals surface area contributed by atoms with Crippen molar-refractivity contribution in [3.63, 3.8) is 0 Å². The van der Waals surface area contributed by atoms with Gasteiger partial charge in [0, 0.05) is 22.2 Å². The van der Waals surface area contributed by atoms with Crippen LogP contribution in [0, 0.1) is 9.49 Å². The zero-order valence-electron chi connectivity index (χ0n) is 11.2. The van der Waals surface area contributed by atoms with Crippen LogP contribution in [-0.4, -0.2) is 12.5 Å². The van der Waals surface area contributed by atoms with Crippen molar-refractivity contribution >= 4 is 34.2 Å². The van der Waals surface area contributed by atoms with Crippen LogP contribution in [-0.2, 0) is 11.2 Å². The van der Waals surface area contributed by atoms with E-state index in [4.69, 9.17) is 0 Å². The number of aryl methyl sites for hydroxylation is 1. The molecule has 0 spiro atoms. The highest BCUT2D eigenvalue weighted by Crippen LogP contribution is 2.32. The van der Waals surface area contributed by atoms with E-state index in [1.807, 2.05) is 0 Å². The highest BCUT2D eigenvalue weighted by molar-refractivity contribution is 14.1. The Balaban J connectivity index is 1.82. The zero-order chi connectivity index (χ0) is 13.2. The number of carbonyl (C=O) groups is 1. The van der Waals surface area contributed by atoms with Gasteiger partial charge < -0.3 is 4.90 Å². The minimum absolute atomic E-state index is 0.319. The van der Waals surface area contributed by atoms with Crippen molar-refractivity contribution in [3.05, 3.63) is 27.3 Å². The van der Waals surface area contributed by atoms with Gasteiger partial charge >= 0.3 is 0 Å². The SMILES string of the molecule is O=C1CCc2cc(I)ccc2N1CC1CCCCC1. The van der Waals surface area contributed by atoms with Gasteiger partial charge in [0.15, 0.2) is 0 Å². The van der Waals surface area contributed by atoms with E-state index in [2.05, 4.69) is 45.7 Å². The fourth-order valence-electron chi connectivity index (χ4n) is 3.36. The molecule has 0 atom stereocenters. The van der Waals surface area contributed by atoms with Crippen molar-refractivity contribution in [3.8, 4) is 0 Å². The van der Waals surface area contributed by atoms with Crippen LogP contribution >= 0.6 is 22.6 Å². The number of amides is 1. The molecule has 19 heavy (non-hydrogen) atoms. The molecule has 1 aliphatic heterocycles. The second-order valence-electron chi connectivity index (χ2n) is 5.78. The molecule has 2 aliphatic rings. The van der Waals surface area contributed by atoms with Crippen LogP contribution in [0.1, 0.15) is 44.1 Å². The molecular weight excluding hydrogens is 349 g/mol. The molecule has 1 amide bonds. The number of halogens is 1. The quantitative estimate of drug-likeness (QED) is 0.718. The van der Waals surface area contributed by atoms with Crippen LogP contribution in [0.4, 0.5) is 5.69 Å². The van der Waals surface area contributed by atoms with Gasteiger partial charge in [-0.1, -0.05) is 19.3 Å². The molecule has 1 heterocycles. The Bertz CT molecular complexity index is 480. The van der Waals surface area contributed by atoms with Crippen molar-refractivity contribution in [2.45, 2.75) is 44.9 Å². The zero-order valence-corrected chi connectivity index (χ0v) is 13.4. The van der Waals surface area contributed by atoms with Crippen molar-refractivity contribution < 1.29 is 4.79 Å². The molecule has 1 fully saturated rings. The third kappa shape index (κ3) is 2.96. The van der Waals surface area contributed by atoms with Gasteiger partial charge in [0.05, 0.1) is 0 Å². The lowest BCUT2D eigenvalue weighted by Gasteiger charge is -2.34. The molecule has 0 aromatic heterocycles. The van der Waals surface area contributed by atoms with Gasteiger partial charge in [0.25, 0.3) is 0 Å². The van der Waals surface area contributed by atoms with Gasteiger partial charge in [-0.05, 0) is 71.5 Å². The Morgan fingerprint density at radius 1 is 1.16 bits per heavy atom. The average molecular weight is 369 g/mol. The van der Waals surface area contributed by atoms with Gasteiger partial charge in [-0.25, -0.2) is 0 Å². The van der Waals surface area contributed by atoms with E-state index in [1.54, 1.807) is 0 Å². The summed E-state index contributed by atoms with van der Waals surface area (Å²) in [4.78, 5) is 14.3. The predicted molar refractivity (Wildman–Crippen MR) is 86.4 cm³/mol. The first-order valence-electron chi connectivity index (χ1n) is 7.33. The molecule has 0 N–H and O–H groups in total. The third-order valence-corrected chi connectivity index (χ3v) is 5.08. The molecule has 0 saturated heterocycles. The summed E-state index contributed by atoms with van der Waals surface area (Å²) < 4.78 is 1.27. The molecule has 1 aliphatic carbocycles. The maximum absolute atomic E-state index is 12.2. The molecule has 3 rings (SSSR count). The van der Waals surface area contributed by atoms with Crippen molar-refractivity contribution in [1.29, 1.82) is 0 Å². The number of hydrogen-bond donors (Lipinski definition) is 0. The Labute approximate surface area is 128 Å². The Hall–Kier alpha value is -0.580. The van der Waals surface area contributed by atoms with Gasteiger partial charge in [-0.15, -0.1) is 0 Å². The smallest absolute Gasteiger partial charge is 0.227 e. The molecule has 0 unspecified atom stereocenters. The summed E-state index contributed by atoms with van der Waals surface area (Å²) >= 11 is 2.35. The fourth-order valence-corrected chi connectivity index (χ4v) is 3.91. The lowest BCUT2D eigenvalue weighted by atomic mass is 9.88. The average Bonchev–Trinajstić information content (AvgIpc) is 2.43. The van der Waals surface area contributed by atoms with Crippen LogP contribution in [0.15, 0.2) is 18.2 Å². The molecular formula is C16H20INO. The molecule has 102 valence electrons. The highest BCUT2D eigenvalue weighted by Gasteiger charge is 2.27. The molecule has 0 radical (unpaired) electrons. The number of carbonyl (C=O) groups excluding carboxylic acids is 1. The first-order valence-corrected chi connectivity index (χ1v) is 8.41. The van der Waals surface area contributed by atoms with E-state index in [0.29, 0.717) is 18.2 Å². The summed E-state index contributed by atoms with van der Waals surface area (Å²) in [5, 5.41) is 0. The molecule has 1 aromatic rings. The lowest BCUT2D eigenvalue weighted by molar-refractivity contribution is -0.119. The van der Waals surface area contributed by atoms with E-state index in [-0.39, 0.29) is 0 Å². The van der Waals surface area contributed by atoms with Crippen molar-refractivity contribution in [2.24, 2.45) is 5.92 Å². The first kappa shape index (κ1) is 13.4. The van der Waals surface area contributed by atoms with Crippen molar-refractivity contribution in [1.82, 2.24) is 0 Å². The minimum atomic E-state index is 0.319. The van der Waals surface area contributed by atoms with Gasteiger partial charge in [-0.2, -0.15) is 0 Å². The monoisotopic (exact) mass is 369 g/mol. The lowest BCUT2D eigenvalue weighted by Crippen LogP contribution is -2.39. The van der Waals surface area contributed by atoms with Crippen LogP contribution in [0.25, 0.3) is 0 Å². The maximum Gasteiger partial charge on any atom is 0.227 e. The summed E-state index contributed by atoms with van der Waals surface area (Å²) in [6.07, 6.45) is 8.23. The summed E-state index contributed by atoms with van der Waals surface area (Å²) in [7, 11) is 0.